The van der Waals surface area contributed by atoms with Crippen LogP contribution in [0.25, 0.3) is 0 Å². The molecule has 0 bridgehead atoms. The summed E-state index contributed by atoms with van der Waals surface area (Å²) < 4.78 is 0. The van der Waals surface area contributed by atoms with Gasteiger partial charge in [-0.2, -0.15) is 0 Å². The van der Waals surface area contributed by atoms with Crippen molar-refractivity contribution in [1.82, 2.24) is 5.32 Å². The second kappa shape index (κ2) is 6.35. The Hall–Kier alpha value is -0.120. The van der Waals surface area contributed by atoms with Crippen LogP contribution in [0.5, 0.6) is 0 Å². The van der Waals surface area contributed by atoms with Gasteiger partial charge in [0.2, 0.25) is 0 Å². The number of aliphatic hydroxyl groups excluding tert-OH is 2. The van der Waals surface area contributed by atoms with E-state index in [1.165, 1.54) is 38.5 Å². The second-order valence-electron chi connectivity index (χ2n) is 3.93. The van der Waals surface area contributed by atoms with Gasteiger partial charge in [-0.1, -0.05) is 25.7 Å². The lowest BCUT2D eigenvalue weighted by Crippen LogP contribution is -2.36. The normalized spacial score (nSPS) is 22.6. The number of hydrogen-bond donors (Lipinski definition) is 3. The van der Waals surface area contributed by atoms with E-state index in [1.807, 2.05) is 0 Å². The Balaban J connectivity index is 2.11. The number of aliphatic hydroxyl groups is 2. The van der Waals surface area contributed by atoms with Crippen molar-refractivity contribution >= 4 is 0 Å². The van der Waals surface area contributed by atoms with Crippen LogP contribution in [0.1, 0.15) is 38.5 Å². The summed E-state index contributed by atoms with van der Waals surface area (Å²) in [5, 5.41) is 21.1. The van der Waals surface area contributed by atoms with Crippen LogP contribution in [-0.2, 0) is 0 Å². The highest BCUT2D eigenvalue weighted by Gasteiger charge is 2.12. The smallest absolute Gasteiger partial charge is 0.0895 e. The zero-order valence-electron chi connectivity index (χ0n) is 8.21. The summed E-state index contributed by atoms with van der Waals surface area (Å²) in [5.41, 5.74) is 0. The number of rotatable bonds is 4. The van der Waals surface area contributed by atoms with Gasteiger partial charge in [-0.25, -0.2) is 0 Å². The third-order valence-corrected chi connectivity index (χ3v) is 2.71. The third kappa shape index (κ3) is 4.60. The first-order valence-electron chi connectivity index (χ1n) is 5.35. The Morgan fingerprint density at radius 3 is 2.31 bits per heavy atom. The average molecular weight is 187 g/mol. The third-order valence-electron chi connectivity index (χ3n) is 2.71. The molecule has 0 radical (unpaired) electrons. The minimum Gasteiger partial charge on any atom is -0.394 e. The average Bonchev–Trinajstić information content (AvgIpc) is 2.42. The maximum Gasteiger partial charge on any atom is 0.0895 e. The van der Waals surface area contributed by atoms with Gasteiger partial charge < -0.3 is 15.5 Å². The molecule has 0 aromatic rings. The first-order valence-corrected chi connectivity index (χ1v) is 5.35. The summed E-state index contributed by atoms with van der Waals surface area (Å²) in [6.45, 7) is 0.390. The molecule has 3 heteroatoms. The molecular weight excluding hydrogens is 166 g/mol. The summed E-state index contributed by atoms with van der Waals surface area (Å²) in [4.78, 5) is 0. The van der Waals surface area contributed by atoms with Crippen molar-refractivity contribution in [3.8, 4) is 0 Å². The van der Waals surface area contributed by atoms with E-state index in [4.69, 9.17) is 10.2 Å². The number of hydrogen-bond acceptors (Lipinski definition) is 3. The van der Waals surface area contributed by atoms with Gasteiger partial charge in [-0.15, -0.1) is 0 Å². The number of nitrogens with one attached hydrogen (secondary N) is 1. The van der Waals surface area contributed by atoms with Crippen LogP contribution in [0.2, 0.25) is 0 Å². The molecule has 0 heterocycles. The topological polar surface area (TPSA) is 52.5 Å². The van der Waals surface area contributed by atoms with Gasteiger partial charge in [-0.3, -0.25) is 0 Å². The summed E-state index contributed by atoms with van der Waals surface area (Å²) in [6, 6.07) is 0.559. The Morgan fingerprint density at radius 2 is 1.77 bits per heavy atom. The Kier molecular flexibility index (Phi) is 5.35. The van der Waals surface area contributed by atoms with E-state index in [1.54, 1.807) is 0 Å². The molecule has 1 unspecified atom stereocenters. The standard InChI is InChI=1S/C10H21NO2/c12-8-10(13)7-11-9-5-3-1-2-4-6-9/h9-13H,1-8H2. The molecular formula is C10H21NO2. The van der Waals surface area contributed by atoms with E-state index in [0.29, 0.717) is 12.6 Å². The van der Waals surface area contributed by atoms with E-state index in [9.17, 15) is 0 Å². The predicted molar refractivity (Wildman–Crippen MR) is 52.6 cm³/mol. The molecule has 0 aliphatic heterocycles. The van der Waals surface area contributed by atoms with Gasteiger partial charge in [0.15, 0.2) is 0 Å². The zero-order valence-corrected chi connectivity index (χ0v) is 8.21. The maximum absolute atomic E-state index is 9.15. The Labute approximate surface area is 80.2 Å². The van der Waals surface area contributed by atoms with Crippen LogP contribution in [0, 0.1) is 0 Å². The van der Waals surface area contributed by atoms with Gasteiger partial charge in [0.1, 0.15) is 0 Å². The minimum absolute atomic E-state index is 0.139. The van der Waals surface area contributed by atoms with Crippen molar-refractivity contribution in [1.29, 1.82) is 0 Å². The van der Waals surface area contributed by atoms with Crippen LogP contribution < -0.4 is 5.32 Å². The van der Waals surface area contributed by atoms with Crippen molar-refractivity contribution < 1.29 is 10.2 Å². The van der Waals surface area contributed by atoms with Gasteiger partial charge >= 0.3 is 0 Å². The molecule has 1 aliphatic carbocycles. The van der Waals surface area contributed by atoms with E-state index >= 15 is 0 Å². The lowest BCUT2D eigenvalue weighted by Gasteiger charge is -2.17. The molecule has 0 amide bonds. The highest BCUT2D eigenvalue weighted by molar-refractivity contribution is 4.72. The summed E-state index contributed by atoms with van der Waals surface area (Å²) in [7, 11) is 0. The molecule has 3 nitrogen and oxygen atoms in total. The Bertz CT molecular complexity index is 122. The molecule has 0 aromatic heterocycles. The molecule has 1 fully saturated rings. The van der Waals surface area contributed by atoms with Gasteiger partial charge in [0.05, 0.1) is 12.7 Å². The molecule has 78 valence electrons. The summed E-state index contributed by atoms with van der Waals surface area (Å²) in [6.07, 6.45) is 7.14. The van der Waals surface area contributed by atoms with Crippen molar-refractivity contribution in [2.24, 2.45) is 0 Å². The lowest BCUT2D eigenvalue weighted by atomic mass is 10.1. The first kappa shape index (κ1) is 11.0. The fraction of sp³-hybridized carbons (Fsp3) is 1.00. The molecule has 13 heavy (non-hydrogen) atoms. The highest BCUT2D eigenvalue weighted by Crippen LogP contribution is 2.16. The van der Waals surface area contributed by atoms with Crippen LogP contribution >= 0.6 is 0 Å². The Morgan fingerprint density at radius 1 is 1.15 bits per heavy atom. The molecule has 1 rings (SSSR count). The minimum atomic E-state index is -0.594. The summed E-state index contributed by atoms with van der Waals surface area (Å²) in [5.74, 6) is 0. The quantitative estimate of drug-likeness (QED) is 0.566. The van der Waals surface area contributed by atoms with E-state index in [-0.39, 0.29) is 6.61 Å². The van der Waals surface area contributed by atoms with Crippen molar-refractivity contribution in [3.05, 3.63) is 0 Å². The van der Waals surface area contributed by atoms with Crippen molar-refractivity contribution in [2.75, 3.05) is 13.2 Å². The predicted octanol–water partition coefficient (Wildman–Crippen LogP) is 0.652. The molecule has 0 spiro atoms. The summed E-state index contributed by atoms with van der Waals surface area (Å²) >= 11 is 0. The monoisotopic (exact) mass is 187 g/mol. The van der Waals surface area contributed by atoms with Crippen LogP contribution in [0.15, 0.2) is 0 Å². The molecule has 1 saturated carbocycles. The van der Waals surface area contributed by atoms with Crippen molar-refractivity contribution in [2.45, 2.75) is 50.7 Å². The fourth-order valence-electron chi connectivity index (χ4n) is 1.85. The van der Waals surface area contributed by atoms with Crippen molar-refractivity contribution in [3.63, 3.8) is 0 Å². The first-order chi connectivity index (χ1) is 6.33. The van der Waals surface area contributed by atoms with Gasteiger partial charge in [-0.05, 0) is 12.8 Å². The molecule has 1 aliphatic rings. The second-order valence-corrected chi connectivity index (χ2v) is 3.93. The van der Waals surface area contributed by atoms with E-state index < -0.39 is 6.10 Å². The molecule has 1 atom stereocenters. The van der Waals surface area contributed by atoms with Gasteiger partial charge in [0, 0.05) is 12.6 Å². The van der Waals surface area contributed by atoms with Crippen LogP contribution in [0.4, 0.5) is 0 Å². The zero-order chi connectivity index (χ0) is 9.52. The SMILES string of the molecule is OCC(O)CNC1CCCCCC1. The van der Waals surface area contributed by atoms with Gasteiger partial charge in [0.25, 0.3) is 0 Å². The van der Waals surface area contributed by atoms with E-state index in [0.717, 1.165) is 0 Å². The largest absolute Gasteiger partial charge is 0.394 e. The maximum atomic E-state index is 9.15. The van der Waals surface area contributed by atoms with Crippen LogP contribution in [-0.4, -0.2) is 35.5 Å². The highest BCUT2D eigenvalue weighted by atomic mass is 16.3. The molecule has 3 N–H and O–H groups in total. The molecule has 0 saturated heterocycles. The molecule has 0 aromatic carbocycles. The lowest BCUT2D eigenvalue weighted by molar-refractivity contribution is 0.0913. The van der Waals surface area contributed by atoms with Crippen LogP contribution in [0.3, 0.4) is 0 Å². The fourth-order valence-corrected chi connectivity index (χ4v) is 1.85. The van der Waals surface area contributed by atoms with E-state index in [2.05, 4.69) is 5.32 Å².